The molecule has 0 aliphatic rings. The van der Waals surface area contributed by atoms with Gasteiger partial charge in [0.15, 0.2) is 0 Å². The van der Waals surface area contributed by atoms with Gasteiger partial charge in [0.2, 0.25) is 10.0 Å². The number of alkyl halides is 1. The molecule has 16 heavy (non-hydrogen) atoms. The molecular weight excluding hydrogens is 250 g/mol. The van der Waals surface area contributed by atoms with Gasteiger partial charge >= 0.3 is 0 Å². The van der Waals surface area contributed by atoms with Crippen LogP contribution in [0.15, 0.2) is 24.3 Å². The van der Waals surface area contributed by atoms with Crippen molar-refractivity contribution in [3.8, 4) is 0 Å². The van der Waals surface area contributed by atoms with Crippen molar-refractivity contribution in [2.45, 2.75) is 13.2 Å². The van der Waals surface area contributed by atoms with Crippen LogP contribution in [0.5, 0.6) is 0 Å². The Hall–Kier alpha value is -0.620. The molecule has 0 aliphatic carbocycles. The molecule has 0 heterocycles. The van der Waals surface area contributed by atoms with Crippen LogP contribution in [0.4, 0.5) is 0 Å². The van der Waals surface area contributed by atoms with Crippen LogP contribution in [0.1, 0.15) is 11.1 Å². The minimum Gasteiger partial charge on any atom is -0.392 e. The number of benzene rings is 1. The van der Waals surface area contributed by atoms with Crippen molar-refractivity contribution in [2.75, 3.05) is 11.6 Å². The van der Waals surface area contributed by atoms with Crippen molar-refractivity contribution in [1.82, 2.24) is 4.72 Å². The van der Waals surface area contributed by atoms with E-state index < -0.39 is 10.0 Å². The Morgan fingerprint density at radius 3 is 2.62 bits per heavy atom. The van der Waals surface area contributed by atoms with E-state index in [-0.39, 0.29) is 24.8 Å². The van der Waals surface area contributed by atoms with Gasteiger partial charge < -0.3 is 5.11 Å². The molecular formula is C10H14ClNO3S. The van der Waals surface area contributed by atoms with E-state index >= 15 is 0 Å². The zero-order valence-electron chi connectivity index (χ0n) is 8.69. The molecule has 0 atom stereocenters. The lowest BCUT2D eigenvalue weighted by Gasteiger charge is -2.06. The second-order valence-electron chi connectivity index (χ2n) is 3.31. The molecule has 1 aromatic carbocycles. The van der Waals surface area contributed by atoms with Crippen LogP contribution >= 0.6 is 11.6 Å². The summed E-state index contributed by atoms with van der Waals surface area (Å²) < 4.78 is 25.1. The summed E-state index contributed by atoms with van der Waals surface area (Å²) in [6, 6.07) is 7.10. The molecule has 90 valence electrons. The molecule has 0 saturated carbocycles. The van der Waals surface area contributed by atoms with Crippen LogP contribution in [-0.2, 0) is 23.2 Å². The highest BCUT2D eigenvalue weighted by Crippen LogP contribution is 2.05. The Morgan fingerprint density at radius 2 is 2.00 bits per heavy atom. The summed E-state index contributed by atoms with van der Waals surface area (Å²) in [7, 11) is -3.29. The summed E-state index contributed by atoms with van der Waals surface area (Å²) in [5, 5.41) is 8.92. The van der Waals surface area contributed by atoms with E-state index in [4.69, 9.17) is 16.7 Å². The Kier molecular flexibility index (Phi) is 5.21. The molecule has 0 spiro atoms. The van der Waals surface area contributed by atoms with Gasteiger partial charge in [0.1, 0.15) is 0 Å². The van der Waals surface area contributed by atoms with E-state index in [1.54, 1.807) is 24.3 Å². The van der Waals surface area contributed by atoms with Crippen molar-refractivity contribution in [3.05, 3.63) is 35.4 Å². The largest absolute Gasteiger partial charge is 0.392 e. The normalized spacial score (nSPS) is 11.6. The quantitative estimate of drug-likeness (QED) is 0.748. The predicted molar refractivity (Wildman–Crippen MR) is 63.7 cm³/mol. The molecule has 0 bridgehead atoms. The van der Waals surface area contributed by atoms with Crippen LogP contribution in [-0.4, -0.2) is 25.2 Å². The van der Waals surface area contributed by atoms with Crippen molar-refractivity contribution in [3.63, 3.8) is 0 Å². The van der Waals surface area contributed by atoms with E-state index in [2.05, 4.69) is 4.72 Å². The maximum atomic E-state index is 11.3. The molecule has 2 N–H and O–H groups in total. The molecule has 0 aromatic heterocycles. The average Bonchev–Trinajstić information content (AvgIpc) is 2.27. The molecule has 1 rings (SSSR count). The number of hydrogen-bond donors (Lipinski definition) is 2. The minimum absolute atomic E-state index is 0.0533. The fraction of sp³-hybridized carbons (Fsp3) is 0.400. The van der Waals surface area contributed by atoms with E-state index in [1.165, 1.54) is 0 Å². The molecule has 0 amide bonds. The number of aliphatic hydroxyl groups is 1. The zero-order chi connectivity index (χ0) is 12.0. The first-order chi connectivity index (χ1) is 7.57. The number of hydrogen-bond acceptors (Lipinski definition) is 3. The first kappa shape index (κ1) is 13.4. The summed E-state index contributed by atoms with van der Waals surface area (Å²) in [6.45, 7) is 0.162. The van der Waals surface area contributed by atoms with E-state index in [0.717, 1.165) is 11.1 Å². The fourth-order valence-corrected chi connectivity index (χ4v) is 2.55. The Morgan fingerprint density at radius 1 is 1.31 bits per heavy atom. The maximum Gasteiger partial charge on any atom is 0.213 e. The van der Waals surface area contributed by atoms with Gasteiger partial charge in [-0.15, -0.1) is 11.6 Å². The number of aliphatic hydroxyl groups excluding tert-OH is 1. The van der Waals surface area contributed by atoms with Gasteiger partial charge in [0, 0.05) is 12.4 Å². The van der Waals surface area contributed by atoms with Crippen molar-refractivity contribution >= 4 is 21.6 Å². The smallest absolute Gasteiger partial charge is 0.213 e. The van der Waals surface area contributed by atoms with E-state index in [9.17, 15) is 8.42 Å². The SMILES string of the molecule is O=S(=O)(CCCl)NCc1cccc(CO)c1. The molecule has 0 unspecified atom stereocenters. The fourth-order valence-electron chi connectivity index (χ4n) is 1.20. The Balaban J connectivity index is 2.61. The highest BCUT2D eigenvalue weighted by atomic mass is 35.5. The van der Waals surface area contributed by atoms with Crippen molar-refractivity contribution in [1.29, 1.82) is 0 Å². The van der Waals surface area contributed by atoms with E-state index in [1.807, 2.05) is 0 Å². The summed E-state index contributed by atoms with van der Waals surface area (Å²) >= 11 is 5.36. The van der Waals surface area contributed by atoms with Crippen LogP contribution in [0.3, 0.4) is 0 Å². The molecule has 0 aliphatic heterocycles. The number of halogens is 1. The lowest BCUT2D eigenvalue weighted by molar-refractivity contribution is 0.281. The van der Waals surface area contributed by atoms with Gasteiger partial charge in [-0.3, -0.25) is 0 Å². The lowest BCUT2D eigenvalue weighted by atomic mass is 10.1. The monoisotopic (exact) mass is 263 g/mol. The van der Waals surface area contributed by atoms with Gasteiger partial charge in [-0.05, 0) is 11.1 Å². The average molecular weight is 264 g/mol. The van der Waals surface area contributed by atoms with Crippen molar-refractivity contribution < 1.29 is 13.5 Å². The molecule has 0 saturated heterocycles. The third-order valence-electron chi connectivity index (χ3n) is 2.02. The molecule has 4 nitrogen and oxygen atoms in total. The first-order valence-electron chi connectivity index (χ1n) is 4.79. The second kappa shape index (κ2) is 6.20. The Bertz CT molecular complexity index is 433. The minimum atomic E-state index is -3.29. The molecule has 1 aromatic rings. The molecule has 0 radical (unpaired) electrons. The third kappa shape index (κ3) is 4.49. The topological polar surface area (TPSA) is 66.4 Å². The van der Waals surface area contributed by atoms with Gasteiger partial charge in [0.05, 0.1) is 12.4 Å². The standard InChI is InChI=1S/C10H14ClNO3S/c11-4-5-16(14,15)12-7-9-2-1-3-10(6-9)8-13/h1-3,6,12-13H,4-5,7-8H2. The summed E-state index contributed by atoms with van der Waals surface area (Å²) in [5.41, 5.74) is 1.57. The first-order valence-corrected chi connectivity index (χ1v) is 6.98. The number of nitrogens with one attached hydrogen (secondary N) is 1. The molecule has 0 fully saturated rings. The number of rotatable bonds is 6. The predicted octanol–water partition coefficient (Wildman–Crippen LogP) is 0.837. The maximum absolute atomic E-state index is 11.3. The summed E-state index contributed by atoms with van der Waals surface area (Å²) in [6.07, 6.45) is 0. The highest BCUT2D eigenvalue weighted by molar-refractivity contribution is 7.89. The summed E-state index contributed by atoms with van der Waals surface area (Å²) in [5.74, 6) is -0.0136. The zero-order valence-corrected chi connectivity index (χ0v) is 10.3. The van der Waals surface area contributed by atoms with Crippen LogP contribution in [0.25, 0.3) is 0 Å². The Labute approximate surface area is 100 Å². The van der Waals surface area contributed by atoms with Crippen LogP contribution in [0.2, 0.25) is 0 Å². The van der Waals surface area contributed by atoms with Gasteiger partial charge in [0.25, 0.3) is 0 Å². The van der Waals surface area contributed by atoms with E-state index in [0.29, 0.717) is 0 Å². The summed E-state index contributed by atoms with van der Waals surface area (Å²) in [4.78, 5) is 0. The van der Waals surface area contributed by atoms with Gasteiger partial charge in [-0.25, -0.2) is 13.1 Å². The highest BCUT2D eigenvalue weighted by Gasteiger charge is 2.08. The number of sulfonamides is 1. The second-order valence-corrected chi connectivity index (χ2v) is 5.61. The van der Waals surface area contributed by atoms with Gasteiger partial charge in [-0.1, -0.05) is 24.3 Å². The third-order valence-corrected chi connectivity index (χ3v) is 3.75. The lowest BCUT2D eigenvalue weighted by Crippen LogP contribution is -2.26. The van der Waals surface area contributed by atoms with Gasteiger partial charge in [-0.2, -0.15) is 0 Å². The molecule has 6 heteroatoms. The van der Waals surface area contributed by atoms with Crippen LogP contribution in [0, 0.1) is 0 Å². The van der Waals surface area contributed by atoms with Crippen molar-refractivity contribution in [2.24, 2.45) is 0 Å². The van der Waals surface area contributed by atoms with Crippen LogP contribution < -0.4 is 4.72 Å².